The largest absolute Gasteiger partial charge is 0.489 e. The van der Waals surface area contributed by atoms with Crippen LogP contribution in [-0.2, 0) is 9.53 Å². The lowest BCUT2D eigenvalue weighted by atomic mass is 9.78. The Morgan fingerprint density at radius 2 is 1.75 bits per heavy atom. The zero-order valence-electron chi connectivity index (χ0n) is 42.3. The number of amides is 1. The molecule has 0 saturated heterocycles. The third-order valence-corrected chi connectivity index (χ3v) is 14.1. The number of rotatable bonds is 18. The number of aliphatic hydroxyl groups excluding tert-OH is 1. The molecule has 0 saturated carbocycles. The van der Waals surface area contributed by atoms with Gasteiger partial charge in [-0.2, -0.15) is 0 Å². The SMILES string of the molecule is C#C/C=C\C#CC.CC(CO)C(C)(C)COc1cc(NCC2CC(c3cnc4ccccc4n3)=CN2C)c(C=O)cc1OCC(C)(C)C(C)(C)O.COC(=O)NC1=C(C)/C(=C\CSSC)CCC1=O. The molecule has 2 heterocycles. The van der Waals surface area contributed by atoms with Crippen LogP contribution in [0, 0.1) is 40.9 Å². The Bertz CT molecular complexity index is 2470. The Kier molecular flexibility index (Phi) is 22.9. The van der Waals surface area contributed by atoms with Crippen molar-refractivity contribution in [1.82, 2.24) is 20.2 Å². The van der Waals surface area contributed by atoms with Crippen LogP contribution < -0.4 is 20.1 Å². The van der Waals surface area contributed by atoms with Gasteiger partial charge < -0.3 is 34.6 Å². The van der Waals surface area contributed by atoms with E-state index in [2.05, 4.69) is 55.3 Å². The summed E-state index contributed by atoms with van der Waals surface area (Å²) in [6.07, 6.45) is 18.3. The van der Waals surface area contributed by atoms with E-state index in [0.29, 0.717) is 48.0 Å². The van der Waals surface area contributed by atoms with Crippen molar-refractivity contribution in [2.45, 2.75) is 93.2 Å². The van der Waals surface area contributed by atoms with E-state index in [0.717, 1.165) is 58.3 Å². The van der Waals surface area contributed by atoms with Crippen LogP contribution in [0.3, 0.4) is 0 Å². The number of Topliss-reactive ketones (excluding diaryl/α,β-unsaturated/α-hetero) is 1. The van der Waals surface area contributed by atoms with E-state index >= 15 is 0 Å². The molecule has 1 aliphatic heterocycles. The fourth-order valence-corrected chi connectivity index (χ4v) is 7.56. The predicted octanol–water partition coefficient (Wildman–Crippen LogP) is 9.92. The minimum atomic E-state index is -0.986. The molecular formula is C54H71N5O8S2. The number of terminal acetylenes is 1. The highest BCUT2D eigenvalue weighted by atomic mass is 33.1. The number of nitrogens with zero attached hydrogens (tertiary/aromatic N) is 3. The van der Waals surface area contributed by atoms with Gasteiger partial charge in [0.15, 0.2) is 23.6 Å². The Hall–Kier alpha value is -5.71. The summed E-state index contributed by atoms with van der Waals surface area (Å²) < 4.78 is 17.1. The van der Waals surface area contributed by atoms with Crippen molar-refractivity contribution in [3.63, 3.8) is 0 Å². The molecular weight excluding hydrogens is 911 g/mol. The van der Waals surface area contributed by atoms with E-state index in [4.69, 9.17) is 20.9 Å². The minimum Gasteiger partial charge on any atom is -0.489 e. The van der Waals surface area contributed by atoms with E-state index in [1.807, 2.05) is 91.4 Å². The van der Waals surface area contributed by atoms with E-state index in [9.17, 15) is 24.6 Å². The number of aliphatic hydroxyl groups is 2. The maximum absolute atomic E-state index is 12.3. The highest BCUT2D eigenvalue weighted by molar-refractivity contribution is 8.76. The van der Waals surface area contributed by atoms with E-state index < -0.39 is 17.1 Å². The second-order valence-electron chi connectivity index (χ2n) is 18.5. The van der Waals surface area contributed by atoms with Crippen LogP contribution in [0.4, 0.5) is 10.5 Å². The molecule has 1 amide bonds. The fourth-order valence-electron chi connectivity index (χ4n) is 6.55. The molecule has 0 spiro atoms. The molecule has 5 rings (SSSR count). The number of aldehydes is 1. The number of anilines is 1. The van der Waals surface area contributed by atoms with Crippen LogP contribution in [0.1, 0.15) is 97.6 Å². The second-order valence-corrected chi connectivity index (χ2v) is 21.1. The average Bonchev–Trinajstić information content (AvgIpc) is 3.71. The van der Waals surface area contributed by atoms with Crippen LogP contribution in [0.5, 0.6) is 11.5 Å². The lowest BCUT2D eigenvalue weighted by Gasteiger charge is -2.37. The quantitative estimate of drug-likeness (QED) is 0.0411. The Morgan fingerprint density at radius 1 is 1.07 bits per heavy atom. The van der Waals surface area contributed by atoms with Gasteiger partial charge in [-0.3, -0.25) is 19.9 Å². The van der Waals surface area contributed by atoms with Crippen LogP contribution >= 0.6 is 21.6 Å². The Morgan fingerprint density at radius 3 is 2.38 bits per heavy atom. The first-order valence-corrected chi connectivity index (χ1v) is 25.5. The van der Waals surface area contributed by atoms with Gasteiger partial charge in [0.2, 0.25) is 0 Å². The number of carbonyl (C=O) groups is 3. The normalized spacial score (nSPS) is 16.0. The lowest BCUT2D eigenvalue weighted by Crippen LogP contribution is -2.43. The highest BCUT2D eigenvalue weighted by Gasteiger charge is 2.36. The second kappa shape index (κ2) is 27.5. The zero-order valence-corrected chi connectivity index (χ0v) is 44.0. The summed E-state index contributed by atoms with van der Waals surface area (Å²) in [6.45, 7) is 18.3. The first kappa shape index (κ1) is 57.6. The molecule has 372 valence electrons. The average molecular weight is 982 g/mol. The fraction of sp³-hybridized carbons (Fsp3) is 0.463. The topological polar surface area (TPSA) is 172 Å². The summed E-state index contributed by atoms with van der Waals surface area (Å²) in [4.78, 5) is 46.8. The Labute approximate surface area is 417 Å². The number of carbonyl (C=O) groups excluding carboxylic acids is 3. The molecule has 15 heteroatoms. The van der Waals surface area contributed by atoms with Gasteiger partial charge in [0.1, 0.15) is 0 Å². The zero-order chi connectivity index (χ0) is 51.4. The highest BCUT2D eigenvalue weighted by Crippen LogP contribution is 2.39. The number of benzene rings is 2. The molecule has 2 unspecified atom stereocenters. The summed E-state index contributed by atoms with van der Waals surface area (Å²) >= 11 is 0. The smallest absolute Gasteiger partial charge is 0.411 e. The van der Waals surface area contributed by atoms with Gasteiger partial charge >= 0.3 is 6.09 Å². The molecule has 2 aromatic carbocycles. The van der Waals surface area contributed by atoms with Crippen molar-refractivity contribution >= 4 is 62.0 Å². The first-order valence-electron chi connectivity index (χ1n) is 22.7. The van der Waals surface area contributed by atoms with Gasteiger partial charge in [0, 0.05) is 72.8 Å². The van der Waals surface area contributed by atoms with Crippen LogP contribution in [-0.4, -0.2) is 107 Å². The van der Waals surface area contributed by atoms with Gasteiger partial charge in [-0.05, 0) is 99.8 Å². The van der Waals surface area contributed by atoms with Crippen molar-refractivity contribution in [1.29, 1.82) is 0 Å². The molecule has 1 aliphatic carbocycles. The van der Waals surface area contributed by atoms with E-state index in [1.165, 1.54) is 7.11 Å². The first-order chi connectivity index (χ1) is 32.7. The van der Waals surface area contributed by atoms with E-state index in [1.54, 1.807) is 60.6 Å². The lowest BCUT2D eigenvalue weighted by molar-refractivity contribution is -0.116. The molecule has 4 N–H and O–H groups in total. The number of aromatic nitrogens is 2. The van der Waals surface area contributed by atoms with Gasteiger partial charge in [0.05, 0.1) is 54.5 Å². The molecule has 0 fully saturated rings. The maximum Gasteiger partial charge on any atom is 0.411 e. The summed E-state index contributed by atoms with van der Waals surface area (Å²) in [5, 5.41) is 26.4. The van der Waals surface area contributed by atoms with Crippen molar-refractivity contribution in [3.8, 4) is 35.7 Å². The molecule has 2 aliphatic rings. The third kappa shape index (κ3) is 17.3. The van der Waals surface area contributed by atoms with Gasteiger partial charge in [0.25, 0.3) is 0 Å². The number of para-hydroxylation sites is 2. The predicted molar refractivity (Wildman–Crippen MR) is 283 cm³/mol. The number of methoxy groups -OCH3 is 1. The number of hydrogen-bond acceptors (Lipinski definition) is 14. The molecule has 1 aromatic heterocycles. The number of fused-ring (bicyclic) bond motifs is 1. The standard InChI is InChI=1S/C35H48N4O5.C12H17NO3S2.C7H6/c1-23(19-40)33(2,3)21-43-32-15-29(25(20-41)14-31(32)44-22-34(4,5)35(6,7)42)36-16-26-13-24(18-39(26)8)30-17-37-27-11-9-10-12-28(27)38-30;1-8-9(6-7-18-17-3)4-5-10(14)11(8)13-12(15)16-2;1-3-5-7-6-4-2/h9-12,14-15,17-18,20,23,26,36,40,42H,13,16,19,21-22H2,1-8H3;6H,4-5,7H2,1-3H3,(H,13,15);1,5,7H,2H3/b;9-6-;7-5-. The van der Waals surface area contributed by atoms with Gasteiger partial charge in [-0.15, -0.1) is 12.3 Å². The number of allylic oxidation sites excluding steroid dienone is 5. The maximum atomic E-state index is 12.3. The number of ether oxygens (including phenoxy) is 3. The molecule has 3 aromatic rings. The number of ketones is 1. The van der Waals surface area contributed by atoms with Crippen molar-refractivity contribution < 1.29 is 38.8 Å². The monoisotopic (exact) mass is 981 g/mol. The summed E-state index contributed by atoms with van der Waals surface area (Å²) in [5.41, 5.74) is 5.27. The summed E-state index contributed by atoms with van der Waals surface area (Å²) in [7, 11) is 6.77. The van der Waals surface area contributed by atoms with Crippen molar-refractivity contribution in [2.24, 2.45) is 16.7 Å². The van der Waals surface area contributed by atoms with Gasteiger partial charge in [-0.25, -0.2) is 9.78 Å². The Balaban J connectivity index is 0.000000414. The number of nitrogens with one attached hydrogen (secondary N) is 2. The summed E-state index contributed by atoms with van der Waals surface area (Å²) in [5.74, 6) is 9.46. The molecule has 13 nitrogen and oxygen atoms in total. The third-order valence-electron chi connectivity index (χ3n) is 12.5. The van der Waals surface area contributed by atoms with Crippen molar-refractivity contribution in [3.05, 3.63) is 95.1 Å². The molecule has 2 atom stereocenters. The minimum absolute atomic E-state index is 0.0136. The molecule has 69 heavy (non-hydrogen) atoms. The van der Waals surface area contributed by atoms with Crippen LogP contribution in [0.25, 0.3) is 16.6 Å². The number of likely N-dealkylation sites (N-methyl/N-ethyl adjacent to an activating group) is 1. The molecule has 0 bridgehead atoms. The van der Waals surface area contributed by atoms with Gasteiger partial charge in [-0.1, -0.05) is 86.3 Å². The van der Waals surface area contributed by atoms with Crippen LogP contribution in [0.15, 0.2) is 83.9 Å². The summed E-state index contributed by atoms with van der Waals surface area (Å²) in [6, 6.07) is 11.5. The molecule has 0 radical (unpaired) electrons. The van der Waals surface area contributed by atoms with Crippen LogP contribution in [0.2, 0.25) is 0 Å². The van der Waals surface area contributed by atoms with Crippen molar-refractivity contribution in [2.75, 3.05) is 57.8 Å². The van der Waals surface area contributed by atoms with E-state index in [-0.39, 0.29) is 36.4 Å². The number of alkyl carbamates (subject to hydrolysis) is 1. The number of hydrogen-bond donors (Lipinski definition) is 4.